The van der Waals surface area contributed by atoms with E-state index in [1.165, 1.54) is 0 Å². The zero-order valence-corrected chi connectivity index (χ0v) is 13.0. The number of methoxy groups -OCH3 is 1. The third kappa shape index (κ3) is 2.33. The van der Waals surface area contributed by atoms with Crippen molar-refractivity contribution in [3.8, 4) is 5.75 Å². The average molecular weight is 340 g/mol. The molecule has 2 aliphatic heterocycles. The third-order valence-electron chi connectivity index (χ3n) is 4.60. The Morgan fingerprint density at radius 3 is 2.95 bits per heavy atom. The smallest absolute Gasteiger partial charge is 0.308 e. The highest BCUT2D eigenvalue weighted by Gasteiger charge is 2.49. The number of carboxylic acids is 1. The van der Waals surface area contributed by atoms with Crippen molar-refractivity contribution < 1.29 is 14.6 Å². The average Bonchev–Trinajstić information content (AvgIpc) is 2.98. The van der Waals surface area contributed by atoms with E-state index < -0.39 is 5.97 Å². The number of hydrogen-bond acceptors (Lipinski definition) is 3. The van der Waals surface area contributed by atoms with Crippen molar-refractivity contribution in [2.24, 2.45) is 5.92 Å². The number of carboxylic acid groups (broad SMARTS) is 1. The minimum absolute atomic E-state index is 0.190. The largest absolute Gasteiger partial charge is 0.497 e. The molecule has 3 atom stereocenters. The summed E-state index contributed by atoms with van der Waals surface area (Å²) in [7, 11) is 1.66. The predicted octanol–water partition coefficient (Wildman–Crippen LogP) is 2.90. The maximum atomic E-state index is 11.3. The molecule has 1 aromatic rings. The monoisotopic (exact) mass is 339 g/mol. The lowest BCUT2D eigenvalue weighted by molar-refractivity contribution is -0.142. The van der Waals surface area contributed by atoms with Crippen LogP contribution in [0.1, 0.15) is 24.8 Å². The molecule has 0 amide bonds. The molecule has 5 heteroatoms. The normalized spacial score (nSPS) is 28.8. The highest BCUT2D eigenvalue weighted by atomic mass is 79.9. The molecule has 0 radical (unpaired) electrons. The van der Waals surface area contributed by atoms with Gasteiger partial charge in [-0.1, -0.05) is 15.9 Å². The van der Waals surface area contributed by atoms with E-state index in [0.29, 0.717) is 6.04 Å². The summed E-state index contributed by atoms with van der Waals surface area (Å²) < 4.78 is 6.32. The zero-order chi connectivity index (χ0) is 14.3. The quantitative estimate of drug-likeness (QED) is 0.916. The Labute approximate surface area is 126 Å². The Morgan fingerprint density at radius 1 is 1.50 bits per heavy atom. The summed E-state index contributed by atoms with van der Waals surface area (Å²) in [5.74, 6) is -0.00503. The van der Waals surface area contributed by atoms with Crippen molar-refractivity contribution in [3.63, 3.8) is 0 Å². The first-order valence-electron chi connectivity index (χ1n) is 6.91. The topological polar surface area (TPSA) is 49.8 Å². The second-order valence-corrected chi connectivity index (χ2v) is 6.46. The van der Waals surface area contributed by atoms with E-state index in [-0.39, 0.29) is 12.0 Å². The van der Waals surface area contributed by atoms with Crippen molar-refractivity contribution in [1.29, 1.82) is 0 Å². The molecule has 0 aromatic heterocycles. The molecule has 2 saturated heterocycles. The number of benzene rings is 1. The van der Waals surface area contributed by atoms with Crippen molar-refractivity contribution in [2.45, 2.75) is 37.9 Å². The van der Waals surface area contributed by atoms with Crippen LogP contribution in [0.3, 0.4) is 0 Å². The first-order valence-corrected chi connectivity index (χ1v) is 7.70. The van der Waals surface area contributed by atoms with Gasteiger partial charge in [0.2, 0.25) is 0 Å². The molecule has 2 bridgehead atoms. The van der Waals surface area contributed by atoms with Crippen LogP contribution in [0.5, 0.6) is 5.75 Å². The highest BCUT2D eigenvalue weighted by Crippen LogP contribution is 2.43. The number of rotatable bonds is 4. The van der Waals surface area contributed by atoms with Crippen molar-refractivity contribution in [2.75, 3.05) is 7.11 Å². The van der Waals surface area contributed by atoms with Crippen LogP contribution in [0.4, 0.5) is 0 Å². The molecule has 0 spiro atoms. The Bertz CT molecular complexity index is 534. The first-order chi connectivity index (χ1) is 9.60. The van der Waals surface area contributed by atoms with Gasteiger partial charge in [0, 0.05) is 23.1 Å². The second kappa shape index (κ2) is 5.37. The standard InChI is InChI=1S/C15H18BrNO3/c1-20-11-3-4-13(16)9(6-11)8-17-10-2-5-14(17)12(7-10)15(18)19/h3-4,6,10,12,14H,2,5,7-8H2,1H3,(H,18,19). The summed E-state index contributed by atoms with van der Waals surface area (Å²) >= 11 is 3.57. The van der Waals surface area contributed by atoms with E-state index in [4.69, 9.17) is 4.74 Å². The lowest BCUT2D eigenvalue weighted by Crippen LogP contribution is -2.32. The number of fused-ring (bicyclic) bond motifs is 2. The van der Waals surface area contributed by atoms with Gasteiger partial charge in [-0.05, 0) is 43.0 Å². The van der Waals surface area contributed by atoms with Gasteiger partial charge < -0.3 is 9.84 Å². The molecule has 0 aliphatic carbocycles. The summed E-state index contributed by atoms with van der Waals surface area (Å²) in [5, 5.41) is 9.30. The van der Waals surface area contributed by atoms with Crippen LogP contribution < -0.4 is 4.74 Å². The number of nitrogens with zero attached hydrogens (tertiary/aromatic N) is 1. The Balaban J connectivity index is 1.80. The van der Waals surface area contributed by atoms with Gasteiger partial charge in [0.15, 0.2) is 0 Å². The maximum absolute atomic E-state index is 11.3. The fraction of sp³-hybridized carbons (Fsp3) is 0.533. The van der Waals surface area contributed by atoms with E-state index in [2.05, 4.69) is 20.8 Å². The summed E-state index contributed by atoms with van der Waals surface area (Å²) in [5.41, 5.74) is 1.16. The van der Waals surface area contributed by atoms with Crippen LogP contribution in [0.2, 0.25) is 0 Å². The van der Waals surface area contributed by atoms with Gasteiger partial charge in [0.1, 0.15) is 5.75 Å². The number of hydrogen-bond donors (Lipinski definition) is 1. The molecule has 20 heavy (non-hydrogen) atoms. The van der Waals surface area contributed by atoms with Crippen molar-refractivity contribution in [1.82, 2.24) is 4.90 Å². The van der Waals surface area contributed by atoms with Crippen molar-refractivity contribution in [3.05, 3.63) is 28.2 Å². The molecule has 3 rings (SSSR count). The van der Waals surface area contributed by atoms with Crippen LogP contribution in [0, 0.1) is 5.92 Å². The zero-order valence-electron chi connectivity index (χ0n) is 11.4. The first kappa shape index (κ1) is 13.9. The van der Waals surface area contributed by atoms with Gasteiger partial charge in [-0.25, -0.2) is 0 Å². The summed E-state index contributed by atoms with van der Waals surface area (Å²) in [6.07, 6.45) is 2.92. The summed E-state index contributed by atoms with van der Waals surface area (Å²) in [4.78, 5) is 13.7. The number of carbonyl (C=O) groups is 1. The summed E-state index contributed by atoms with van der Waals surface area (Å²) in [6.45, 7) is 0.789. The molecule has 2 heterocycles. The fourth-order valence-corrected chi connectivity index (χ4v) is 3.98. The van der Waals surface area contributed by atoms with E-state index >= 15 is 0 Å². The van der Waals surface area contributed by atoms with Gasteiger partial charge in [-0.3, -0.25) is 9.69 Å². The van der Waals surface area contributed by atoms with E-state index in [1.807, 2.05) is 18.2 Å². The predicted molar refractivity (Wildman–Crippen MR) is 78.8 cm³/mol. The minimum Gasteiger partial charge on any atom is -0.497 e. The minimum atomic E-state index is -0.646. The van der Waals surface area contributed by atoms with Gasteiger partial charge >= 0.3 is 5.97 Å². The van der Waals surface area contributed by atoms with Crippen LogP contribution in [-0.2, 0) is 11.3 Å². The maximum Gasteiger partial charge on any atom is 0.308 e. The van der Waals surface area contributed by atoms with Gasteiger partial charge in [-0.2, -0.15) is 0 Å². The molecule has 3 unspecified atom stereocenters. The molecule has 2 aliphatic rings. The Morgan fingerprint density at radius 2 is 2.30 bits per heavy atom. The van der Waals surface area contributed by atoms with Crippen LogP contribution in [0.25, 0.3) is 0 Å². The SMILES string of the molecule is COc1ccc(Br)c(CN2C3CCC2C(C(=O)O)C3)c1. The third-order valence-corrected chi connectivity index (χ3v) is 5.38. The molecule has 2 fully saturated rings. The van der Waals surface area contributed by atoms with Crippen LogP contribution >= 0.6 is 15.9 Å². The number of ether oxygens (including phenoxy) is 1. The Hall–Kier alpha value is -1.07. The van der Waals surface area contributed by atoms with Crippen LogP contribution in [0.15, 0.2) is 22.7 Å². The van der Waals surface area contributed by atoms with Gasteiger partial charge in [0.05, 0.1) is 13.0 Å². The molecule has 1 N–H and O–H groups in total. The molecule has 4 nitrogen and oxygen atoms in total. The van der Waals surface area contributed by atoms with E-state index in [9.17, 15) is 9.90 Å². The molecule has 1 aromatic carbocycles. The van der Waals surface area contributed by atoms with Crippen molar-refractivity contribution >= 4 is 21.9 Å². The number of aliphatic carboxylic acids is 1. The van der Waals surface area contributed by atoms with Gasteiger partial charge in [0.25, 0.3) is 0 Å². The number of halogens is 1. The van der Waals surface area contributed by atoms with E-state index in [0.717, 1.165) is 41.6 Å². The second-order valence-electron chi connectivity index (χ2n) is 5.61. The molecular formula is C15H18BrNO3. The fourth-order valence-electron chi connectivity index (χ4n) is 3.61. The lowest BCUT2D eigenvalue weighted by Gasteiger charge is -2.23. The summed E-state index contributed by atoms with van der Waals surface area (Å²) in [6, 6.07) is 6.54. The molecule has 0 saturated carbocycles. The van der Waals surface area contributed by atoms with Crippen LogP contribution in [-0.4, -0.2) is 35.2 Å². The lowest BCUT2D eigenvalue weighted by atomic mass is 9.89. The van der Waals surface area contributed by atoms with Gasteiger partial charge in [-0.15, -0.1) is 0 Å². The molecule has 108 valence electrons. The Kier molecular flexibility index (Phi) is 3.73. The van der Waals surface area contributed by atoms with E-state index in [1.54, 1.807) is 7.11 Å². The highest BCUT2D eigenvalue weighted by molar-refractivity contribution is 9.10. The molecular weight excluding hydrogens is 322 g/mol.